The van der Waals surface area contributed by atoms with Crippen molar-refractivity contribution in [3.05, 3.63) is 36.0 Å². The number of benzene rings is 1. The molecule has 4 nitrogen and oxygen atoms in total. The van der Waals surface area contributed by atoms with E-state index in [-0.39, 0.29) is 5.82 Å². The van der Waals surface area contributed by atoms with Crippen molar-refractivity contribution in [1.82, 2.24) is 15.5 Å². The van der Waals surface area contributed by atoms with Crippen molar-refractivity contribution >= 4 is 0 Å². The minimum absolute atomic E-state index is 0.297. The summed E-state index contributed by atoms with van der Waals surface area (Å²) in [5, 5.41) is 7.43. The molecule has 5 heteroatoms. The maximum Gasteiger partial charge on any atom is 0.228 e. The second-order valence-corrected chi connectivity index (χ2v) is 5.53. The standard InChI is InChI=1S/C16H22FN3O/c1-4-8-18-14(11(2)3)10-15-19-16(20-21-15)12-6-5-7-13(17)9-12/h5-7,9,11,14,18H,4,8,10H2,1-3H3. The lowest BCUT2D eigenvalue weighted by atomic mass is 10.0. The van der Waals surface area contributed by atoms with Crippen molar-refractivity contribution in [2.45, 2.75) is 39.7 Å². The number of nitrogens with one attached hydrogen (secondary N) is 1. The van der Waals surface area contributed by atoms with E-state index in [1.54, 1.807) is 12.1 Å². The molecule has 0 aliphatic heterocycles. The van der Waals surface area contributed by atoms with Crippen molar-refractivity contribution in [2.75, 3.05) is 6.54 Å². The topological polar surface area (TPSA) is 51.0 Å². The summed E-state index contributed by atoms with van der Waals surface area (Å²) in [4.78, 5) is 4.37. The van der Waals surface area contributed by atoms with E-state index in [9.17, 15) is 4.39 Å². The van der Waals surface area contributed by atoms with Crippen LogP contribution in [0.15, 0.2) is 28.8 Å². The lowest BCUT2D eigenvalue weighted by Crippen LogP contribution is -2.36. The molecule has 2 rings (SSSR count). The fourth-order valence-electron chi connectivity index (χ4n) is 2.14. The first-order valence-corrected chi connectivity index (χ1v) is 7.42. The Bertz CT molecular complexity index is 568. The Hall–Kier alpha value is -1.75. The van der Waals surface area contributed by atoms with Crippen LogP contribution in [0.1, 0.15) is 33.1 Å². The molecule has 0 radical (unpaired) electrons. The van der Waals surface area contributed by atoms with Gasteiger partial charge < -0.3 is 9.84 Å². The van der Waals surface area contributed by atoms with E-state index in [0.29, 0.717) is 35.7 Å². The van der Waals surface area contributed by atoms with E-state index < -0.39 is 0 Å². The molecule has 2 aromatic rings. The van der Waals surface area contributed by atoms with Gasteiger partial charge in [-0.2, -0.15) is 4.98 Å². The second kappa shape index (κ2) is 7.31. The maximum absolute atomic E-state index is 13.2. The third-order valence-electron chi connectivity index (χ3n) is 3.41. The van der Waals surface area contributed by atoms with E-state index in [1.807, 2.05) is 0 Å². The van der Waals surface area contributed by atoms with Crippen LogP contribution in [-0.4, -0.2) is 22.7 Å². The molecule has 0 amide bonds. The summed E-state index contributed by atoms with van der Waals surface area (Å²) in [5.74, 6) is 1.18. The van der Waals surface area contributed by atoms with Gasteiger partial charge in [-0.05, 0) is 31.0 Å². The van der Waals surface area contributed by atoms with Crippen LogP contribution in [0.3, 0.4) is 0 Å². The summed E-state index contributed by atoms with van der Waals surface area (Å²) < 4.78 is 18.5. The Balaban J connectivity index is 2.08. The van der Waals surface area contributed by atoms with Gasteiger partial charge in [-0.3, -0.25) is 0 Å². The Morgan fingerprint density at radius 2 is 2.14 bits per heavy atom. The Morgan fingerprint density at radius 3 is 2.81 bits per heavy atom. The minimum atomic E-state index is -0.302. The molecular weight excluding hydrogens is 269 g/mol. The average Bonchev–Trinajstić information content (AvgIpc) is 2.91. The van der Waals surface area contributed by atoms with Crippen molar-refractivity contribution in [3.63, 3.8) is 0 Å². The van der Waals surface area contributed by atoms with Crippen molar-refractivity contribution < 1.29 is 8.91 Å². The van der Waals surface area contributed by atoms with E-state index in [2.05, 4.69) is 36.2 Å². The summed E-state index contributed by atoms with van der Waals surface area (Å²) in [7, 11) is 0. The Kier molecular flexibility index (Phi) is 5.44. The predicted octanol–water partition coefficient (Wildman–Crippen LogP) is 3.44. The summed E-state index contributed by atoms with van der Waals surface area (Å²) >= 11 is 0. The van der Waals surface area contributed by atoms with Gasteiger partial charge >= 0.3 is 0 Å². The first kappa shape index (κ1) is 15.6. The summed E-state index contributed by atoms with van der Waals surface area (Å²) in [6.45, 7) is 7.43. The molecule has 1 unspecified atom stereocenters. The zero-order chi connectivity index (χ0) is 15.2. The van der Waals surface area contributed by atoms with E-state index in [1.165, 1.54) is 12.1 Å². The number of aromatic nitrogens is 2. The Labute approximate surface area is 124 Å². The highest BCUT2D eigenvalue weighted by Crippen LogP contribution is 2.18. The number of rotatable bonds is 7. The van der Waals surface area contributed by atoms with Crippen LogP contribution in [0.4, 0.5) is 4.39 Å². The van der Waals surface area contributed by atoms with Crippen molar-refractivity contribution in [2.24, 2.45) is 5.92 Å². The van der Waals surface area contributed by atoms with Crippen molar-refractivity contribution in [1.29, 1.82) is 0 Å². The molecular formula is C16H22FN3O. The average molecular weight is 291 g/mol. The molecule has 1 aromatic carbocycles. The molecule has 0 saturated carbocycles. The first-order valence-electron chi connectivity index (χ1n) is 7.42. The predicted molar refractivity (Wildman–Crippen MR) is 80.3 cm³/mol. The highest BCUT2D eigenvalue weighted by atomic mass is 19.1. The van der Waals surface area contributed by atoms with Crippen molar-refractivity contribution in [3.8, 4) is 11.4 Å². The third-order valence-corrected chi connectivity index (χ3v) is 3.41. The van der Waals surface area contributed by atoms with E-state index in [4.69, 9.17) is 4.52 Å². The molecule has 0 fully saturated rings. The lowest BCUT2D eigenvalue weighted by Gasteiger charge is -2.20. The van der Waals surface area contributed by atoms with Gasteiger partial charge in [0.2, 0.25) is 11.7 Å². The highest BCUT2D eigenvalue weighted by Gasteiger charge is 2.17. The molecule has 1 aromatic heterocycles. The lowest BCUT2D eigenvalue weighted by molar-refractivity contribution is 0.326. The van der Waals surface area contributed by atoms with Crippen LogP contribution >= 0.6 is 0 Å². The van der Waals surface area contributed by atoms with E-state index >= 15 is 0 Å². The molecule has 0 saturated heterocycles. The molecule has 1 N–H and O–H groups in total. The molecule has 0 aliphatic carbocycles. The third kappa shape index (κ3) is 4.36. The summed E-state index contributed by atoms with van der Waals surface area (Å²) in [5.41, 5.74) is 0.632. The van der Waals surface area contributed by atoms with Crippen LogP contribution in [0, 0.1) is 11.7 Å². The monoisotopic (exact) mass is 291 g/mol. The maximum atomic E-state index is 13.2. The normalized spacial score (nSPS) is 12.8. The van der Waals surface area contributed by atoms with Crippen LogP contribution in [0.2, 0.25) is 0 Å². The molecule has 0 spiro atoms. The molecule has 21 heavy (non-hydrogen) atoms. The van der Waals surface area contributed by atoms with Crippen LogP contribution in [-0.2, 0) is 6.42 Å². The summed E-state index contributed by atoms with van der Waals surface area (Å²) in [6.07, 6.45) is 1.77. The van der Waals surface area contributed by atoms with E-state index in [0.717, 1.165) is 13.0 Å². The van der Waals surface area contributed by atoms with Gasteiger partial charge in [0.15, 0.2) is 0 Å². The van der Waals surface area contributed by atoms with Crippen LogP contribution in [0.25, 0.3) is 11.4 Å². The second-order valence-electron chi connectivity index (χ2n) is 5.53. The molecule has 1 heterocycles. The number of nitrogens with zero attached hydrogens (tertiary/aromatic N) is 2. The zero-order valence-electron chi connectivity index (χ0n) is 12.8. The van der Waals surface area contributed by atoms with Gasteiger partial charge in [-0.15, -0.1) is 0 Å². The molecule has 0 bridgehead atoms. The quantitative estimate of drug-likeness (QED) is 0.849. The first-order chi connectivity index (χ1) is 10.1. The van der Waals surface area contributed by atoms with Gasteiger partial charge in [0.1, 0.15) is 5.82 Å². The number of hydrogen-bond acceptors (Lipinski definition) is 4. The van der Waals surface area contributed by atoms with Gasteiger partial charge in [-0.1, -0.05) is 38.1 Å². The van der Waals surface area contributed by atoms with Gasteiger partial charge in [-0.25, -0.2) is 4.39 Å². The zero-order valence-corrected chi connectivity index (χ0v) is 12.8. The molecule has 0 aliphatic rings. The highest BCUT2D eigenvalue weighted by molar-refractivity contribution is 5.53. The number of hydrogen-bond donors (Lipinski definition) is 1. The van der Waals surface area contributed by atoms with Gasteiger partial charge in [0.25, 0.3) is 0 Å². The van der Waals surface area contributed by atoms with Gasteiger partial charge in [0.05, 0.1) is 0 Å². The molecule has 114 valence electrons. The minimum Gasteiger partial charge on any atom is -0.339 e. The Morgan fingerprint density at radius 1 is 1.33 bits per heavy atom. The fourth-order valence-corrected chi connectivity index (χ4v) is 2.14. The SMILES string of the molecule is CCCNC(Cc1nc(-c2cccc(F)c2)no1)C(C)C. The van der Waals surface area contributed by atoms with Crippen LogP contribution in [0.5, 0.6) is 0 Å². The van der Waals surface area contributed by atoms with Crippen LogP contribution < -0.4 is 5.32 Å². The number of halogens is 1. The fraction of sp³-hybridized carbons (Fsp3) is 0.500. The molecule has 1 atom stereocenters. The van der Waals surface area contributed by atoms with Gasteiger partial charge in [0, 0.05) is 18.0 Å². The largest absolute Gasteiger partial charge is 0.339 e. The summed E-state index contributed by atoms with van der Waals surface area (Å²) in [6, 6.07) is 6.51. The smallest absolute Gasteiger partial charge is 0.228 e.